The molecule has 1 fully saturated rings. The van der Waals surface area contributed by atoms with Crippen LogP contribution in [-0.4, -0.2) is 36.3 Å². The van der Waals surface area contributed by atoms with Crippen LogP contribution >= 0.6 is 0 Å². The van der Waals surface area contributed by atoms with E-state index >= 15 is 0 Å². The molecule has 5 heteroatoms. The van der Waals surface area contributed by atoms with Crippen LogP contribution in [0.15, 0.2) is 24.3 Å². The van der Waals surface area contributed by atoms with Crippen LogP contribution in [0.3, 0.4) is 0 Å². The molecule has 1 aliphatic rings. The summed E-state index contributed by atoms with van der Waals surface area (Å²) in [6.07, 6.45) is 1.10. The Balaban J connectivity index is 1.76. The minimum atomic E-state index is -0.200. The van der Waals surface area contributed by atoms with Gasteiger partial charge in [0.25, 0.3) is 0 Å². The van der Waals surface area contributed by atoms with Crippen LogP contribution in [0, 0.1) is 5.92 Å². The van der Waals surface area contributed by atoms with E-state index in [1.165, 1.54) is 0 Å². The predicted octanol–water partition coefficient (Wildman–Crippen LogP) is 0.796. The van der Waals surface area contributed by atoms with Crippen molar-refractivity contribution < 1.29 is 9.59 Å². The summed E-state index contributed by atoms with van der Waals surface area (Å²) in [7, 11) is 0. The van der Waals surface area contributed by atoms with Gasteiger partial charge in [-0.3, -0.25) is 9.59 Å². The van der Waals surface area contributed by atoms with Crippen LogP contribution in [0.1, 0.15) is 18.9 Å². The molecule has 0 aliphatic carbocycles. The van der Waals surface area contributed by atoms with Crippen molar-refractivity contribution in [3.63, 3.8) is 0 Å². The zero-order valence-electron chi connectivity index (χ0n) is 11.8. The fourth-order valence-corrected chi connectivity index (χ4v) is 2.41. The molecule has 1 aliphatic heterocycles. The van der Waals surface area contributed by atoms with Gasteiger partial charge in [0.2, 0.25) is 11.8 Å². The Labute approximate surface area is 119 Å². The number of hydrogen-bond acceptors (Lipinski definition) is 3. The molecule has 0 aromatic heterocycles. The van der Waals surface area contributed by atoms with E-state index in [0.717, 1.165) is 17.7 Å². The quantitative estimate of drug-likeness (QED) is 0.780. The number of hydrogen-bond donors (Lipinski definition) is 2. The number of benzene rings is 1. The number of anilines is 1. The normalized spacial score (nSPS) is 18.4. The van der Waals surface area contributed by atoms with Gasteiger partial charge in [-0.1, -0.05) is 12.1 Å². The summed E-state index contributed by atoms with van der Waals surface area (Å²) in [5, 5.41) is 2.90. The van der Waals surface area contributed by atoms with Gasteiger partial charge in [0.1, 0.15) is 0 Å². The molecule has 5 nitrogen and oxygen atoms in total. The number of likely N-dealkylation sites (tertiary alicyclic amines) is 1. The molecule has 0 spiro atoms. The molecule has 1 atom stereocenters. The SMILES string of the molecule is CCN1CC(C(=O)NCCc2ccc(N)cc2)CC1=O. The summed E-state index contributed by atoms with van der Waals surface area (Å²) in [6, 6.07) is 7.62. The fraction of sp³-hybridized carbons (Fsp3) is 0.467. The maximum atomic E-state index is 12.0. The highest BCUT2D eigenvalue weighted by molar-refractivity contribution is 5.89. The summed E-state index contributed by atoms with van der Waals surface area (Å²) in [5.74, 6) is -0.148. The first-order valence-electron chi connectivity index (χ1n) is 7.00. The third-order valence-corrected chi connectivity index (χ3v) is 3.66. The Morgan fingerprint density at radius 3 is 2.70 bits per heavy atom. The topological polar surface area (TPSA) is 75.4 Å². The van der Waals surface area contributed by atoms with Crippen molar-refractivity contribution >= 4 is 17.5 Å². The maximum absolute atomic E-state index is 12.0. The molecule has 3 N–H and O–H groups in total. The lowest BCUT2D eigenvalue weighted by molar-refractivity contribution is -0.128. The Kier molecular flexibility index (Phi) is 4.61. The lowest BCUT2D eigenvalue weighted by Crippen LogP contribution is -2.34. The third-order valence-electron chi connectivity index (χ3n) is 3.66. The largest absolute Gasteiger partial charge is 0.399 e. The fourth-order valence-electron chi connectivity index (χ4n) is 2.41. The average molecular weight is 275 g/mol. The first kappa shape index (κ1) is 14.4. The number of carbonyl (C=O) groups excluding carboxylic acids is 2. The number of amides is 2. The van der Waals surface area contributed by atoms with Crippen LogP contribution < -0.4 is 11.1 Å². The molecule has 1 heterocycles. The van der Waals surface area contributed by atoms with Gasteiger partial charge in [0.15, 0.2) is 0 Å². The third kappa shape index (κ3) is 3.50. The number of rotatable bonds is 5. The Morgan fingerprint density at radius 2 is 2.10 bits per heavy atom. The molecule has 1 aromatic carbocycles. The van der Waals surface area contributed by atoms with Crippen molar-refractivity contribution in [3.05, 3.63) is 29.8 Å². The Bertz CT molecular complexity index is 484. The standard InChI is InChI=1S/C15H21N3O2/c1-2-18-10-12(9-14(18)19)15(20)17-8-7-11-3-5-13(16)6-4-11/h3-6,12H,2,7-10,16H2,1H3,(H,17,20). The van der Waals surface area contributed by atoms with Crippen molar-refractivity contribution in [2.45, 2.75) is 19.8 Å². The van der Waals surface area contributed by atoms with E-state index in [1.807, 2.05) is 31.2 Å². The van der Waals surface area contributed by atoms with Gasteiger partial charge in [0.05, 0.1) is 5.92 Å². The number of carbonyl (C=O) groups is 2. The summed E-state index contributed by atoms with van der Waals surface area (Å²) < 4.78 is 0. The van der Waals surface area contributed by atoms with Gasteiger partial charge in [0, 0.05) is 31.7 Å². The molecule has 20 heavy (non-hydrogen) atoms. The Hall–Kier alpha value is -2.04. The van der Waals surface area contributed by atoms with E-state index in [1.54, 1.807) is 4.90 Å². The molecule has 2 amide bonds. The van der Waals surface area contributed by atoms with Crippen LogP contribution in [0.4, 0.5) is 5.69 Å². The van der Waals surface area contributed by atoms with Crippen molar-refractivity contribution in [3.8, 4) is 0 Å². The van der Waals surface area contributed by atoms with E-state index in [-0.39, 0.29) is 17.7 Å². The molecule has 108 valence electrons. The lowest BCUT2D eigenvalue weighted by Gasteiger charge is -2.13. The van der Waals surface area contributed by atoms with E-state index in [4.69, 9.17) is 5.73 Å². The summed E-state index contributed by atoms with van der Waals surface area (Å²) in [4.78, 5) is 25.3. The highest BCUT2D eigenvalue weighted by Gasteiger charge is 2.32. The molecule has 2 rings (SSSR count). The lowest BCUT2D eigenvalue weighted by atomic mass is 10.1. The van der Waals surface area contributed by atoms with E-state index < -0.39 is 0 Å². The molecular weight excluding hydrogens is 254 g/mol. The maximum Gasteiger partial charge on any atom is 0.225 e. The van der Waals surface area contributed by atoms with Crippen LogP contribution in [-0.2, 0) is 16.0 Å². The van der Waals surface area contributed by atoms with Crippen LogP contribution in [0.2, 0.25) is 0 Å². The number of nitrogens with zero attached hydrogens (tertiary/aromatic N) is 1. The first-order valence-corrected chi connectivity index (χ1v) is 7.00. The summed E-state index contributed by atoms with van der Waals surface area (Å²) in [6.45, 7) is 3.73. The first-order chi connectivity index (χ1) is 9.60. The van der Waals surface area contributed by atoms with Crippen LogP contribution in [0.5, 0.6) is 0 Å². The summed E-state index contributed by atoms with van der Waals surface area (Å²) >= 11 is 0. The molecule has 1 aromatic rings. The molecule has 1 unspecified atom stereocenters. The zero-order valence-corrected chi connectivity index (χ0v) is 11.8. The highest BCUT2D eigenvalue weighted by atomic mass is 16.2. The second-order valence-electron chi connectivity index (χ2n) is 5.12. The predicted molar refractivity (Wildman–Crippen MR) is 77.9 cm³/mol. The number of nitrogens with one attached hydrogen (secondary N) is 1. The van der Waals surface area contributed by atoms with Crippen molar-refractivity contribution in [2.24, 2.45) is 5.92 Å². The van der Waals surface area contributed by atoms with E-state index in [0.29, 0.717) is 26.1 Å². The second-order valence-corrected chi connectivity index (χ2v) is 5.12. The molecule has 0 radical (unpaired) electrons. The van der Waals surface area contributed by atoms with Crippen molar-refractivity contribution in [1.82, 2.24) is 10.2 Å². The Morgan fingerprint density at radius 1 is 1.40 bits per heavy atom. The molecule has 0 bridgehead atoms. The molecule has 1 saturated heterocycles. The van der Waals surface area contributed by atoms with Gasteiger partial charge in [-0.2, -0.15) is 0 Å². The summed E-state index contributed by atoms with van der Waals surface area (Å²) in [5.41, 5.74) is 7.49. The minimum Gasteiger partial charge on any atom is -0.399 e. The molecular formula is C15H21N3O2. The van der Waals surface area contributed by atoms with Gasteiger partial charge in [-0.15, -0.1) is 0 Å². The molecule has 0 saturated carbocycles. The van der Waals surface area contributed by atoms with E-state index in [9.17, 15) is 9.59 Å². The van der Waals surface area contributed by atoms with Crippen LogP contribution in [0.25, 0.3) is 0 Å². The van der Waals surface area contributed by atoms with Gasteiger partial charge in [-0.05, 0) is 31.0 Å². The van der Waals surface area contributed by atoms with Gasteiger partial charge >= 0.3 is 0 Å². The van der Waals surface area contributed by atoms with Crippen molar-refractivity contribution in [1.29, 1.82) is 0 Å². The van der Waals surface area contributed by atoms with Gasteiger partial charge in [-0.25, -0.2) is 0 Å². The monoisotopic (exact) mass is 275 g/mol. The van der Waals surface area contributed by atoms with Crippen molar-refractivity contribution in [2.75, 3.05) is 25.4 Å². The van der Waals surface area contributed by atoms with Gasteiger partial charge < -0.3 is 16.0 Å². The highest BCUT2D eigenvalue weighted by Crippen LogP contribution is 2.17. The number of nitrogens with two attached hydrogens (primary N) is 1. The smallest absolute Gasteiger partial charge is 0.225 e. The number of nitrogen functional groups attached to an aromatic ring is 1. The zero-order chi connectivity index (χ0) is 14.5. The van der Waals surface area contributed by atoms with E-state index in [2.05, 4.69) is 5.32 Å². The second kappa shape index (κ2) is 6.41. The minimum absolute atomic E-state index is 0.0234. The average Bonchev–Trinajstić information content (AvgIpc) is 2.82.